The smallest absolute Gasteiger partial charge is 0.308 e. The Hall–Kier alpha value is -4.74. The molecular formula is C34H37N5O6. The van der Waals surface area contributed by atoms with Gasteiger partial charge in [-0.3, -0.25) is 19.3 Å². The Morgan fingerprint density at radius 2 is 1.71 bits per heavy atom. The number of carboxylic acid groups (broad SMARTS) is 1. The van der Waals surface area contributed by atoms with Crippen LogP contribution in [0.2, 0.25) is 0 Å². The fourth-order valence-corrected chi connectivity index (χ4v) is 6.10. The molecule has 2 fully saturated rings. The summed E-state index contributed by atoms with van der Waals surface area (Å²) in [7, 11) is 0. The van der Waals surface area contributed by atoms with Crippen LogP contribution in [0.15, 0.2) is 65.1 Å². The van der Waals surface area contributed by atoms with Gasteiger partial charge in [-0.25, -0.2) is 0 Å². The maximum Gasteiger partial charge on any atom is 0.308 e. The highest BCUT2D eigenvalue weighted by Gasteiger charge is 2.40. The summed E-state index contributed by atoms with van der Waals surface area (Å²) in [5, 5.41) is 16.1. The monoisotopic (exact) mass is 611 g/mol. The molecule has 6 rings (SSSR count). The molecular weight excluding hydrogens is 574 g/mol. The maximum absolute atomic E-state index is 12.9. The second-order valence-corrected chi connectivity index (χ2v) is 11.8. The quantitative estimate of drug-likeness (QED) is 0.253. The standard InChI is InChI=1S/C34H37N5O6/c1-21-4-3-5-22(2)32(21)37-34-36-28-11-6-23(16-29(28)45-34)17-30(40)35-25-9-7-24(8-10-25)26-18-39(19-27(26)33(42)43)31(41)20-38-12-14-44-15-13-38/h3-11,16,26-27H,12-15,17-20H2,1-2H3,(H,35,40)(H,36,37)(H,42,43). The Morgan fingerprint density at radius 1 is 0.978 bits per heavy atom. The minimum absolute atomic E-state index is 0.0630. The number of oxazole rings is 1. The zero-order chi connectivity index (χ0) is 31.5. The van der Waals surface area contributed by atoms with Crippen molar-refractivity contribution in [2.45, 2.75) is 26.2 Å². The molecule has 0 spiro atoms. The summed E-state index contributed by atoms with van der Waals surface area (Å²) < 4.78 is 11.3. The van der Waals surface area contributed by atoms with Gasteiger partial charge < -0.3 is 29.8 Å². The van der Waals surface area contributed by atoms with Gasteiger partial charge in [0.1, 0.15) is 5.52 Å². The fraction of sp³-hybridized carbons (Fsp3) is 0.353. The molecule has 11 nitrogen and oxygen atoms in total. The van der Waals surface area contributed by atoms with Crippen molar-refractivity contribution in [3.63, 3.8) is 0 Å². The van der Waals surface area contributed by atoms with Crippen molar-refractivity contribution in [3.8, 4) is 0 Å². The van der Waals surface area contributed by atoms with Gasteiger partial charge in [0.25, 0.3) is 6.01 Å². The Balaban J connectivity index is 1.06. The van der Waals surface area contributed by atoms with E-state index in [1.165, 1.54) is 0 Å². The van der Waals surface area contributed by atoms with Crippen LogP contribution in [0.1, 0.15) is 28.2 Å². The van der Waals surface area contributed by atoms with Gasteiger partial charge in [0, 0.05) is 43.5 Å². The number of carbonyl (C=O) groups excluding carboxylic acids is 2. The highest BCUT2D eigenvalue weighted by molar-refractivity contribution is 5.93. The van der Waals surface area contributed by atoms with Crippen molar-refractivity contribution < 1.29 is 28.6 Å². The normalized spacial score (nSPS) is 18.7. The predicted molar refractivity (Wildman–Crippen MR) is 170 cm³/mol. The molecule has 4 aromatic rings. The molecule has 11 heteroatoms. The number of anilines is 3. The minimum atomic E-state index is -0.920. The molecule has 0 saturated carbocycles. The van der Waals surface area contributed by atoms with Crippen LogP contribution in [0, 0.1) is 19.8 Å². The molecule has 45 heavy (non-hydrogen) atoms. The molecule has 2 atom stereocenters. The van der Waals surface area contributed by atoms with E-state index in [0.717, 1.165) is 27.9 Å². The van der Waals surface area contributed by atoms with Crippen molar-refractivity contribution in [3.05, 3.63) is 82.9 Å². The lowest BCUT2D eigenvalue weighted by molar-refractivity contribution is -0.142. The number of ether oxygens (including phenoxy) is 1. The number of aryl methyl sites for hydroxylation is 2. The number of carbonyl (C=O) groups is 3. The molecule has 2 aliphatic heterocycles. The van der Waals surface area contributed by atoms with Gasteiger partial charge in [-0.2, -0.15) is 4.98 Å². The average Bonchev–Trinajstić information content (AvgIpc) is 3.65. The lowest BCUT2D eigenvalue weighted by atomic mass is 9.89. The number of aromatic nitrogens is 1. The third kappa shape index (κ3) is 7.00. The van der Waals surface area contributed by atoms with Gasteiger partial charge >= 0.3 is 5.97 Å². The Labute approximate surface area is 261 Å². The first kappa shape index (κ1) is 30.3. The minimum Gasteiger partial charge on any atom is -0.481 e. The molecule has 0 bridgehead atoms. The molecule has 0 aliphatic carbocycles. The van der Waals surface area contributed by atoms with Crippen LogP contribution in [0.4, 0.5) is 17.4 Å². The SMILES string of the molecule is Cc1cccc(C)c1Nc1nc2ccc(CC(=O)Nc3ccc(C4CN(C(=O)CN5CCOCC5)CC4C(=O)O)cc3)cc2o1. The third-order valence-electron chi connectivity index (χ3n) is 8.61. The predicted octanol–water partition coefficient (Wildman–Crippen LogP) is 4.33. The van der Waals surface area contributed by atoms with Crippen LogP contribution >= 0.6 is 0 Å². The highest BCUT2D eigenvalue weighted by atomic mass is 16.5. The molecule has 2 saturated heterocycles. The second-order valence-electron chi connectivity index (χ2n) is 11.8. The van der Waals surface area contributed by atoms with E-state index in [-0.39, 0.29) is 37.2 Å². The number of rotatable bonds is 9. The lowest BCUT2D eigenvalue weighted by Gasteiger charge is -2.28. The molecule has 1 aromatic heterocycles. The number of carboxylic acids is 1. The summed E-state index contributed by atoms with van der Waals surface area (Å²) in [4.78, 5) is 46.2. The van der Waals surface area contributed by atoms with E-state index in [4.69, 9.17) is 9.15 Å². The summed E-state index contributed by atoms with van der Waals surface area (Å²) in [6, 6.07) is 19.2. The topological polar surface area (TPSA) is 137 Å². The van der Waals surface area contributed by atoms with Crippen LogP contribution in [0.3, 0.4) is 0 Å². The van der Waals surface area contributed by atoms with Crippen molar-refractivity contribution in [1.29, 1.82) is 0 Å². The first-order chi connectivity index (χ1) is 21.7. The molecule has 234 valence electrons. The number of para-hydroxylation sites is 1. The molecule has 3 aromatic carbocycles. The van der Waals surface area contributed by atoms with Gasteiger partial charge in [0.2, 0.25) is 11.8 Å². The van der Waals surface area contributed by atoms with Crippen LogP contribution in [-0.4, -0.2) is 83.6 Å². The molecule has 3 heterocycles. The van der Waals surface area contributed by atoms with Crippen molar-refractivity contribution in [2.24, 2.45) is 5.92 Å². The van der Waals surface area contributed by atoms with E-state index < -0.39 is 11.9 Å². The molecule has 2 aliphatic rings. The zero-order valence-corrected chi connectivity index (χ0v) is 25.4. The number of hydrogen-bond donors (Lipinski definition) is 3. The Kier molecular flexibility index (Phi) is 8.81. The third-order valence-corrected chi connectivity index (χ3v) is 8.61. The number of amides is 2. The molecule has 2 amide bonds. The average molecular weight is 612 g/mol. The number of aliphatic carboxylic acids is 1. The van der Waals surface area contributed by atoms with E-state index in [9.17, 15) is 19.5 Å². The number of benzene rings is 3. The van der Waals surface area contributed by atoms with Crippen molar-refractivity contribution in [1.82, 2.24) is 14.8 Å². The first-order valence-electron chi connectivity index (χ1n) is 15.2. The number of nitrogens with zero attached hydrogens (tertiary/aromatic N) is 3. The lowest BCUT2D eigenvalue weighted by Crippen LogP contribution is -2.44. The van der Waals surface area contributed by atoms with Gasteiger partial charge in [0.05, 0.1) is 32.1 Å². The molecule has 0 radical (unpaired) electrons. The zero-order valence-electron chi connectivity index (χ0n) is 25.4. The first-order valence-corrected chi connectivity index (χ1v) is 15.2. The summed E-state index contributed by atoms with van der Waals surface area (Å²) in [6.07, 6.45) is 0.141. The van der Waals surface area contributed by atoms with Crippen LogP contribution in [0.5, 0.6) is 0 Å². The highest BCUT2D eigenvalue weighted by Crippen LogP contribution is 2.34. The van der Waals surface area contributed by atoms with E-state index >= 15 is 0 Å². The van der Waals surface area contributed by atoms with E-state index in [2.05, 4.69) is 15.6 Å². The Bertz CT molecular complexity index is 1690. The fourth-order valence-electron chi connectivity index (χ4n) is 6.10. The van der Waals surface area contributed by atoms with E-state index in [1.807, 2.05) is 67.3 Å². The second kappa shape index (κ2) is 13.1. The Morgan fingerprint density at radius 3 is 2.42 bits per heavy atom. The van der Waals surface area contributed by atoms with Crippen LogP contribution < -0.4 is 10.6 Å². The summed E-state index contributed by atoms with van der Waals surface area (Å²) in [6.45, 7) is 7.42. The summed E-state index contributed by atoms with van der Waals surface area (Å²) >= 11 is 0. The van der Waals surface area contributed by atoms with E-state index in [0.29, 0.717) is 55.6 Å². The van der Waals surface area contributed by atoms with Gasteiger partial charge in [-0.1, -0.05) is 36.4 Å². The van der Waals surface area contributed by atoms with Gasteiger partial charge in [-0.15, -0.1) is 0 Å². The molecule has 2 unspecified atom stereocenters. The number of fused-ring (bicyclic) bond motifs is 1. The van der Waals surface area contributed by atoms with Gasteiger partial charge in [0.15, 0.2) is 5.58 Å². The molecule has 3 N–H and O–H groups in total. The maximum atomic E-state index is 12.9. The number of nitrogens with one attached hydrogen (secondary N) is 2. The van der Waals surface area contributed by atoms with Gasteiger partial charge in [-0.05, 0) is 60.4 Å². The van der Waals surface area contributed by atoms with Crippen LogP contribution in [0.25, 0.3) is 11.1 Å². The van der Waals surface area contributed by atoms with Crippen molar-refractivity contribution in [2.75, 3.05) is 56.6 Å². The largest absolute Gasteiger partial charge is 0.481 e. The number of likely N-dealkylation sites (tertiary alicyclic amines) is 1. The number of morpholine rings is 1. The van der Waals surface area contributed by atoms with Crippen molar-refractivity contribution >= 4 is 46.3 Å². The van der Waals surface area contributed by atoms with Crippen LogP contribution in [-0.2, 0) is 25.5 Å². The summed E-state index contributed by atoms with van der Waals surface area (Å²) in [5.41, 5.74) is 6.61. The van der Waals surface area contributed by atoms with E-state index in [1.54, 1.807) is 17.0 Å². The number of hydrogen-bond acceptors (Lipinski definition) is 8. The summed E-state index contributed by atoms with van der Waals surface area (Å²) in [5.74, 6) is -2.20.